The zero-order valence-corrected chi connectivity index (χ0v) is 12.6. The Kier molecular flexibility index (Phi) is 3.38. The molecular weight excluding hydrogens is 270 g/mol. The van der Waals surface area contributed by atoms with Crippen molar-refractivity contribution in [2.24, 2.45) is 29.6 Å². The molecule has 0 aromatic heterocycles. The summed E-state index contributed by atoms with van der Waals surface area (Å²) in [6, 6.07) is -0.796. The van der Waals surface area contributed by atoms with E-state index in [2.05, 4.69) is 12.2 Å². The minimum Gasteiger partial charge on any atom is -0.464 e. The number of amides is 2. The van der Waals surface area contributed by atoms with E-state index in [9.17, 15) is 14.4 Å². The second kappa shape index (κ2) is 4.97. The number of rotatable bonds is 4. The topological polar surface area (TPSA) is 63.7 Å². The molecule has 0 aromatic carbocycles. The first-order chi connectivity index (χ1) is 9.97. The summed E-state index contributed by atoms with van der Waals surface area (Å²) in [5, 5.41) is 0. The highest BCUT2D eigenvalue weighted by atomic mass is 16.5. The van der Waals surface area contributed by atoms with E-state index in [1.165, 1.54) is 4.90 Å². The van der Waals surface area contributed by atoms with Gasteiger partial charge in [-0.05, 0) is 31.1 Å². The van der Waals surface area contributed by atoms with Crippen LogP contribution in [0.25, 0.3) is 0 Å². The molecule has 0 aromatic rings. The summed E-state index contributed by atoms with van der Waals surface area (Å²) >= 11 is 0. The van der Waals surface area contributed by atoms with Gasteiger partial charge in [-0.25, -0.2) is 4.79 Å². The third-order valence-corrected chi connectivity index (χ3v) is 4.94. The SMILES string of the molecule is CCOC(=O)[C@H](C(C)C)N1C(=O)C2C3C=CC(C3)C2C1=O. The number of carbonyl (C=O) groups is 3. The maximum atomic E-state index is 12.7. The first kappa shape index (κ1) is 14.3. The number of hydrogen-bond acceptors (Lipinski definition) is 4. The zero-order valence-electron chi connectivity index (χ0n) is 12.6. The van der Waals surface area contributed by atoms with Gasteiger partial charge >= 0.3 is 5.97 Å². The molecule has 3 aliphatic rings. The minimum absolute atomic E-state index is 0.151. The van der Waals surface area contributed by atoms with Gasteiger partial charge < -0.3 is 4.74 Å². The van der Waals surface area contributed by atoms with Crippen LogP contribution in [-0.2, 0) is 19.1 Å². The largest absolute Gasteiger partial charge is 0.464 e. The van der Waals surface area contributed by atoms with E-state index in [0.29, 0.717) is 0 Å². The third kappa shape index (κ3) is 1.93. The van der Waals surface area contributed by atoms with E-state index < -0.39 is 12.0 Å². The number of likely N-dealkylation sites (tertiary alicyclic amines) is 1. The third-order valence-electron chi connectivity index (χ3n) is 4.94. The lowest BCUT2D eigenvalue weighted by molar-refractivity contribution is -0.161. The maximum absolute atomic E-state index is 12.7. The smallest absolute Gasteiger partial charge is 0.329 e. The zero-order chi connectivity index (χ0) is 15.3. The van der Waals surface area contributed by atoms with Gasteiger partial charge in [0, 0.05) is 0 Å². The quantitative estimate of drug-likeness (QED) is 0.446. The molecule has 2 amide bonds. The molecule has 0 N–H and O–H groups in total. The van der Waals surface area contributed by atoms with Crippen LogP contribution >= 0.6 is 0 Å². The Morgan fingerprint density at radius 1 is 1.24 bits per heavy atom. The average molecular weight is 291 g/mol. The van der Waals surface area contributed by atoms with E-state index in [1.54, 1.807) is 6.92 Å². The van der Waals surface area contributed by atoms with Crippen LogP contribution in [0.2, 0.25) is 0 Å². The van der Waals surface area contributed by atoms with Crippen LogP contribution in [0.3, 0.4) is 0 Å². The lowest BCUT2D eigenvalue weighted by Gasteiger charge is -2.28. The summed E-state index contributed by atoms with van der Waals surface area (Å²) in [7, 11) is 0. The summed E-state index contributed by atoms with van der Waals surface area (Å²) < 4.78 is 5.07. The van der Waals surface area contributed by atoms with Crippen LogP contribution in [0.5, 0.6) is 0 Å². The number of hydrogen-bond donors (Lipinski definition) is 0. The number of ether oxygens (including phenoxy) is 1. The highest BCUT2D eigenvalue weighted by Crippen LogP contribution is 2.53. The molecule has 2 aliphatic carbocycles. The molecule has 3 rings (SSSR count). The normalized spacial score (nSPS) is 34.8. The van der Waals surface area contributed by atoms with Crippen molar-refractivity contribution >= 4 is 17.8 Å². The van der Waals surface area contributed by atoms with E-state index >= 15 is 0 Å². The Hall–Kier alpha value is -1.65. The lowest BCUT2D eigenvalue weighted by atomic mass is 9.85. The van der Waals surface area contributed by atoms with E-state index in [-0.39, 0.29) is 48.0 Å². The molecule has 5 atom stereocenters. The van der Waals surface area contributed by atoms with E-state index in [4.69, 9.17) is 4.74 Å². The van der Waals surface area contributed by atoms with Crippen LogP contribution in [0.4, 0.5) is 0 Å². The molecule has 1 heterocycles. The van der Waals surface area contributed by atoms with Gasteiger partial charge in [-0.2, -0.15) is 0 Å². The van der Waals surface area contributed by atoms with Crippen molar-refractivity contribution < 1.29 is 19.1 Å². The Labute approximate surface area is 124 Å². The number of fused-ring (bicyclic) bond motifs is 5. The lowest BCUT2D eigenvalue weighted by Crippen LogP contribution is -2.49. The van der Waals surface area contributed by atoms with Crippen molar-refractivity contribution in [1.29, 1.82) is 0 Å². The van der Waals surface area contributed by atoms with Crippen LogP contribution in [0.15, 0.2) is 12.2 Å². The summed E-state index contributed by atoms with van der Waals surface area (Å²) in [5.74, 6) is -1.20. The van der Waals surface area contributed by atoms with E-state index in [1.807, 2.05) is 13.8 Å². The molecule has 114 valence electrons. The maximum Gasteiger partial charge on any atom is 0.329 e. The Balaban J connectivity index is 1.90. The number of allylic oxidation sites excluding steroid dienone is 2. The van der Waals surface area contributed by atoms with Crippen LogP contribution in [0, 0.1) is 29.6 Å². The van der Waals surface area contributed by atoms with Gasteiger partial charge in [0.25, 0.3) is 0 Å². The number of esters is 1. The molecular formula is C16H21NO4. The molecule has 2 bridgehead atoms. The molecule has 4 unspecified atom stereocenters. The highest BCUT2D eigenvalue weighted by Gasteiger charge is 2.61. The summed E-state index contributed by atoms with van der Waals surface area (Å²) in [4.78, 5) is 38.8. The summed E-state index contributed by atoms with van der Waals surface area (Å²) in [6.45, 7) is 5.64. The van der Waals surface area contributed by atoms with Crippen LogP contribution in [0.1, 0.15) is 27.2 Å². The summed E-state index contributed by atoms with van der Waals surface area (Å²) in [6.07, 6.45) is 5.00. The molecule has 1 aliphatic heterocycles. The highest BCUT2D eigenvalue weighted by molar-refractivity contribution is 6.09. The van der Waals surface area contributed by atoms with Gasteiger partial charge in [-0.1, -0.05) is 26.0 Å². The Bertz CT molecular complexity index is 494. The Morgan fingerprint density at radius 2 is 1.76 bits per heavy atom. The Morgan fingerprint density at radius 3 is 2.19 bits per heavy atom. The van der Waals surface area contributed by atoms with Crippen molar-refractivity contribution in [2.45, 2.75) is 33.2 Å². The second-order valence-electron chi connectivity index (χ2n) is 6.49. The van der Waals surface area contributed by atoms with E-state index in [0.717, 1.165) is 6.42 Å². The van der Waals surface area contributed by atoms with Gasteiger partial charge in [0.2, 0.25) is 11.8 Å². The fourth-order valence-electron chi connectivity index (χ4n) is 4.10. The van der Waals surface area contributed by atoms with Gasteiger partial charge in [0.05, 0.1) is 18.4 Å². The fourth-order valence-corrected chi connectivity index (χ4v) is 4.10. The van der Waals surface area contributed by atoms with Crippen molar-refractivity contribution in [2.75, 3.05) is 6.61 Å². The number of carbonyl (C=O) groups excluding carboxylic acids is 3. The van der Waals surface area contributed by atoms with Gasteiger partial charge in [-0.3, -0.25) is 14.5 Å². The van der Waals surface area contributed by atoms with Crippen LogP contribution < -0.4 is 0 Å². The monoisotopic (exact) mass is 291 g/mol. The molecule has 2 fully saturated rings. The van der Waals surface area contributed by atoms with Crippen LogP contribution in [-0.4, -0.2) is 35.3 Å². The molecule has 5 nitrogen and oxygen atoms in total. The average Bonchev–Trinajstić information content (AvgIpc) is 3.08. The van der Waals surface area contributed by atoms with Crippen molar-refractivity contribution in [1.82, 2.24) is 4.90 Å². The second-order valence-corrected chi connectivity index (χ2v) is 6.49. The first-order valence-corrected chi connectivity index (χ1v) is 7.69. The molecule has 5 heteroatoms. The predicted molar refractivity (Wildman–Crippen MR) is 74.8 cm³/mol. The number of nitrogens with zero attached hydrogens (tertiary/aromatic N) is 1. The number of imide groups is 1. The first-order valence-electron chi connectivity index (χ1n) is 7.69. The predicted octanol–water partition coefficient (Wildman–Crippen LogP) is 1.38. The van der Waals surface area contributed by atoms with Gasteiger partial charge in [0.1, 0.15) is 6.04 Å². The fraction of sp³-hybridized carbons (Fsp3) is 0.688. The van der Waals surface area contributed by atoms with Crippen molar-refractivity contribution in [3.05, 3.63) is 12.2 Å². The minimum atomic E-state index is -0.796. The molecule has 0 spiro atoms. The van der Waals surface area contributed by atoms with Gasteiger partial charge in [0.15, 0.2) is 0 Å². The van der Waals surface area contributed by atoms with Crippen molar-refractivity contribution in [3.8, 4) is 0 Å². The molecule has 21 heavy (non-hydrogen) atoms. The summed E-state index contributed by atoms with van der Waals surface area (Å²) in [5.41, 5.74) is 0. The molecule has 1 saturated heterocycles. The standard InChI is InChI=1S/C16H21NO4/c1-4-21-16(20)13(8(2)3)17-14(18)11-9-5-6-10(7-9)12(11)15(17)19/h5-6,8-13H,4,7H2,1-3H3/t9?,10?,11?,12?,13-/m0/s1. The molecule has 1 saturated carbocycles. The van der Waals surface area contributed by atoms with Crippen molar-refractivity contribution in [3.63, 3.8) is 0 Å². The van der Waals surface area contributed by atoms with Gasteiger partial charge in [-0.15, -0.1) is 0 Å². The molecule has 0 radical (unpaired) electrons.